The highest BCUT2D eigenvalue weighted by Gasteiger charge is 2.37. The first-order valence-corrected chi connectivity index (χ1v) is 12.6. The van der Waals surface area contributed by atoms with E-state index in [1.54, 1.807) is 43.3 Å². The van der Waals surface area contributed by atoms with Crippen molar-refractivity contribution in [2.24, 2.45) is 0 Å². The molecule has 1 aliphatic heterocycles. The van der Waals surface area contributed by atoms with Gasteiger partial charge in [-0.25, -0.2) is 9.69 Å². The molecule has 1 N–H and O–H groups in total. The van der Waals surface area contributed by atoms with Gasteiger partial charge in [0.25, 0.3) is 11.8 Å². The molecule has 0 saturated carbocycles. The van der Waals surface area contributed by atoms with Crippen molar-refractivity contribution in [3.05, 3.63) is 110 Å². The lowest BCUT2D eigenvalue weighted by molar-refractivity contribution is -0.122. The monoisotopic (exact) mass is 564 g/mol. The van der Waals surface area contributed by atoms with Crippen molar-refractivity contribution in [2.75, 3.05) is 4.90 Å². The Hall–Kier alpha value is -3.84. The second kappa shape index (κ2) is 10.5. The van der Waals surface area contributed by atoms with E-state index in [2.05, 4.69) is 5.32 Å². The summed E-state index contributed by atoms with van der Waals surface area (Å²) in [7, 11) is 0. The summed E-state index contributed by atoms with van der Waals surface area (Å²) in [6.45, 7) is 1.97. The fraction of sp³-hybridized carbons (Fsp3) is 0.0690. The third-order valence-corrected chi connectivity index (χ3v) is 7.26. The topological polar surface area (TPSA) is 75.7 Å². The number of urea groups is 1. The zero-order chi connectivity index (χ0) is 27.0. The predicted octanol–water partition coefficient (Wildman–Crippen LogP) is 7.35. The first kappa shape index (κ1) is 25.8. The van der Waals surface area contributed by atoms with E-state index in [9.17, 15) is 14.4 Å². The Balaban J connectivity index is 1.57. The number of barbiturate groups is 1. The zero-order valence-corrected chi connectivity index (χ0v) is 22.2. The highest BCUT2D eigenvalue weighted by atomic mass is 35.5. The second-order valence-corrected chi connectivity index (χ2v) is 9.85. The smallest absolute Gasteiger partial charge is 0.335 e. The Morgan fingerprint density at radius 3 is 2.42 bits per heavy atom. The third kappa shape index (κ3) is 4.98. The van der Waals surface area contributed by atoms with E-state index in [1.807, 2.05) is 30.3 Å². The summed E-state index contributed by atoms with van der Waals surface area (Å²) in [6.07, 6.45) is 1.44. The summed E-state index contributed by atoms with van der Waals surface area (Å²) in [5.74, 6) is -1.15. The molecule has 0 spiro atoms. The van der Waals surface area contributed by atoms with E-state index in [0.29, 0.717) is 26.4 Å². The number of aryl methyl sites for hydroxylation is 1. The van der Waals surface area contributed by atoms with Crippen molar-refractivity contribution >= 4 is 75.2 Å². The number of benzene rings is 4. The summed E-state index contributed by atoms with van der Waals surface area (Å²) < 4.78 is 6.11. The van der Waals surface area contributed by atoms with Crippen LogP contribution in [0, 0.1) is 6.92 Å². The number of hydrogen-bond acceptors (Lipinski definition) is 4. The molecule has 1 aliphatic rings. The number of anilines is 1. The number of ether oxygens (including phenoxy) is 1. The molecule has 38 heavy (non-hydrogen) atoms. The lowest BCUT2D eigenvalue weighted by Crippen LogP contribution is -2.54. The maximum atomic E-state index is 13.5. The van der Waals surface area contributed by atoms with E-state index in [1.165, 1.54) is 12.1 Å². The minimum atomic E-state index is -0.855. The van der Waals surface area contributed by atoms with E-state index >= 15 is 0 Å². The summed E-state index contributed by atoms with van der Waals surface area (Å²) in [6, 6.07) is 20.3. The average Bonchev–Trinajstić information content (AvgIpc) is 2.89. The normalized spacial score (nSPS) is 14.8. The van der Waals surface area contributed by atoms with Crippen molar-refractivity contribution in [1.29, 1.82) is 0 Å². The van der Waals surface area contributed by atoms with Gasteiger partial charge in [0.15, 0.2) is 0 Å². The first-order valence-electron chi connectivity index (χ1n) is 11.5. The second-order valence-electron chi connectivity index (χ2n) is 8.63. The van der Waals surface area contributed by atoms with Gasteiger partial charge >= 0.3 is 6.03 Å². The Bertz CT molecular complexity index is 1670. The third-order valence-electron chi connectivity index (χ3n) is 6.11. The number of nitrogens with zero attached hydrogens (tertiary/aromatic N) is 1. The van der Waals surface area contributed by atoms with Crippen molar-refractivity contribution in [3.63, 3.8) is 0 Å². The molecule has 4 aromatic rings. The maximum absolute atomic E-state index is 13.5. The van der Waals surface area contributed by atoms with Crippen LogP contribution < -0.4 is 15.0 Å². The largest absolute Gasteiger partial charge is 0.488 e. The summed E-state index contributed by atoms with van der Waals surface area (Å²) in [5, 5.41) is 5.11. The Kier molecular flexibility index (Phi) is 7.13. The molecule has 6 nitrogen and oxygen atoms in total. The van der Waals surface area contributed by atoms with Gasteiger partial charge in [-0.15, -0.1) is 0 Å². The Morgan fingerprint density at radius 2 is 1.66 bits per heavy atom. The van der Waals surface area contributed by atoms with Crippen LogP contribution in [0.2, 0.25) is 15.1 Å². The van der Waals surface area contributed by atoms with Gasteiger partial charge in [0.2, 0.25) is 0 Å². The fourth-order valence-electron chi connectivity index (χ4n) is 4.10. The van der Waals surface area contributed by atoms with Crippen molar-refractivity contribution in [3.8, 4) is 5.75 Å². The number of hydrogen-bond donors (Lipinski definition) is 1. The molecule has 9 heteroatoms. The van der Waals surface area contributed by atoms with Gasteiger partial charge in [0.1, 0.15) is 17.9 Å². The Labute approximate surface area is 233 Å². The van der Waals surface area contributed by atoms with E-state index in [-0.39, 0.29) is 17.9 Å². The van der Waals surface area contributed by atoms with Gasteiger partial charge < -0.3 is 4.74 Å². The molecule has 0 aromatic heterocycles. The van der Waals surface area contributed by atoms with Crippen LogP contribution >= 0.6 is 34.8 Å². The van der Waals surface area contributed by atoms with E-state index < -0.39 is 17.8 Å². The molecular weight excluding hydrogens is 547 g/mol. The van der Waals surface area contributed by atoms with E-state index in [4.69, 9.17) is 39.5 Å². The molecule has 1 heterocycles. The van der Waals surface area contributed by atoms with Crippen LogP contribution in [0.25, 0.3) is 16.8 Å². The van der Waals surface area contributed by atoms with Crippen LogP contribution in [-0.2, 0) is 16.2 Å². The number of fused-ring (bicyclic) bond motifs is 1. The first-order chi connectivity index (χ1) is 18.2. The van der Waals surface area contributed by atoms with E-state index in [0.717, 1.165) is 26.8 Å². The highest BCUT2D eigenvalue weighted by Crippen LogP contribution is 2.33. The molecule has 5 rings (SSSR count). The number of carbonyl (C=O) groups excluding carboxylic acids is 3. The summed E-state index contributed by atoms with van der Waals surface area (Å²) in [5.41, 5.74) is 2.10. The zero-order valence-electron chi connectivity index (χ0n) is 19.9. The van der Waals surface area contributed by atoms with Crippen LogP contribution in [0.15, 0.2) is 78.4 Å². The van der Waals surface area contributed by atoms with Crippen LogP contribution in [0.1, 0.15) is 16.7 Å². The maximum Gasteiger partial charge on any atom is 0.335 e. The number of imide groups is 2. The molecule has 1 fully saturated rings. The minimum absolute atomic E-state index is 0.165. The molecule has 1 saturated heterocycles. The molecule has 0 atom stereocenters. The molecule has 0 unspecified atom stereocenters. The summed E-state index contributed by atoms with van der Waals surface area (Å²) >= 11 is 18.4. The number of amides is 4. The Morgan fingerprint density at radius 1 is 0.868 bits per heavy atom. The quantitative estimate of drug-likeness (QED) is 0.203. The molecule has 4 amide bonds. The average molecular weight is 566 g/mol. The lowest BCUT2D eigenvalue weighted by Gasteiger charge is -2.27. The molecule has 190 valence electrons. The number of rotatable bonds is 5. The van der Waals surface area contributed by atoms with Gasteiger partial charge in [-0.05, 0) is 65.2 Å². The minimum Gasteiger partial charge on any atom is -0.488 e. The fourth-order valence-corrected chi connectivity index (χ4v) is 4.59. The SMILES string of the molecule is Cc1ccc(N2C(=O)NC(=O)/C(=C\c3c(OCc4ccc(Cl)c(Cl)c4)ccc4ccccc34)C2=O)cc1Cl. The molecule has 0 bridgehead atoms. The van der Waals surface area contributed by atoms with Gasteiger partial charge in [0, 0.05) is 10.6 Å². The van der Waals surface area contributed by atoms with Crippen LogP contribution in [0.3, 0.4) is 0 Å². The molecular formula is C29H19Cl3N2O4. The van der Waals surface area contributed by atoms with Crippen LogP contribution in [0.4, 0.5) is 10.5 Å². The standard InChI is InChI=1S/C29H19Cl3N2O4/c1-16-6-9-19(13-24(16)31)34-28(36)22(27(35)33-29(34)37)14-21-20-5-3-2-4-18(20)8-11-26(21)38-15-17-7-10-23(30)25(32)12-17/h2-14H,15H2,1H3,(H,33,35,37)/b22-14+. The number of halogens is 3. The van der Waals surface area contributed by atoms with Crippen LogP contribution in [-0.4, -0.2) is 17.8 Å². The van der Waals surface area contributed by atoms with Crippen molar-refractivity contribution in [2.45, 2.75) is 13.5 Å². The molecule has 0 radical (unpaired) electrons. The lowest BCUT2D eigenvalue weighted by atomic mass is 9.99. The van der Waals surface area contributed by atoms with Gasteiger partial charge in [-0.1, -0.05) is 77.3 Å². The van der Waals surface area contributed by atoms with Gasteiger partial charge in [-0.3, -0.25) is 14.9 Å². The number of carbonyl (C=O) groups is 3. The van der Waals surface area contributed by atoms with Gasteiger partial charge in [-0.2, -0.15) is 0 Å². The number of nitrogens with one attached hydrogen (secondary N) is 1. The predicted molar refractivity (Wildman–Crippen MR) is 150 cm³/mol. The van der Waals surface area contributed by atoms with Crippen molar-refractivity contribution < 1.29 is 19.1 Å². The van der Waals surface area contributed by atoms with Gasteiger partial charge in [0.05, 0.1) is 15.7 Å². The molecule has 4 aromatic carbocycles. The van der Waals surface area contributed by atoms with Crippen molar-refractivity contribution in [1.82, 2.24) is 5.32 Å². The van der Waals surface area contributed by atoms with Crippen LogP contribution in [0.5, 0.6) is 5.75 Å². The summed E-state index contributed by atoms with van der Waals surface area (Å²) in [4.78, 5) is 39.9. The highest BCUT2D eigenvalue weighted by molar-refractivity contribution is 6.42. The molecule has 0 aliphatic carbocycles.